The average molecular weight is 461 g/mol. The van der Waals surface area contributed by atoms with Gasteiger partial charge in [0.15, 0.2) is 0 Å². The van der Waals surface area contributed by atoms with Crippen molar-refractivity contribution >= 4 is 45.0 Å². The van der Waals surface area contributed by atoms with Gasteiger partial charge in [-0.05, 0) is 37.5 Å². The molecule has 2 N–H and O–H groups in total. The normalized spacial score (nSPS) is 14.6. The predicted octanol–water partition coefficient (Wildman–Crippen LogP) is 4.92. The number of carbonyl (C=O) groups is 1. The third-order valence-electron chi connectivity index (χ3n) is 5.45. The molecule has 31 heavy (non-hydrogen) atoms. The molecule has 1 aliphatic rings. The first kappa shape index (κ1) is 21.7. The number of hydrogen-bond acceptors (Lipinski definition) is 6. The lowest BCUT2D eigenvalue weighted by molar-refractivity contribution is 0.207. The summed E-state index contributed by atoms with van der Waals surface area (Å²) in [5.41, 5.74) is 0.249. The number of halogens is 1. The van der Waals surface area contributed by atoms with Gasteiger partial charge in [0.25, 0.3) is 5.56 Å². The maximum atomic E-state index is 12.9. The molecule has 1 aliphatic carbocycles. The van der Waals surface area contributed by atoms with Crippen LogP contribution in [0.3, 0.4) is 0 Å². The number of aromatic amines is 1. The Bertz CT molecular complexity index is 1120. The monoisotopic (exact) mass is 460 g/mol. The Kier molecular flexibility index (Phi) is 6.82. The van der Waals surface area contributed by atoms with E-state index in [0.717, 1.165) is 24.3 Å². The Morgan fingerprint density at radius 2 is 2.10 bits per heavy atom. The third kappa shape index (κ3) is 5.22. The van der Waals surface area contributed by atoms with Crippen LogP contribution in [-0.4, -0.2) is 37.6 Å². The number of urea groups is 1. The molecule has 2 amide bonds. The number of carbonyl (C=O) groups excluding carboxylic acids is 1. The van der Waals surface area contributed by atoms with Crippen LogP contribution >= 0.6 is 22.9 Å². The Morgan fingerprint density at radius 3 is 2.87 bits per heavy atom. The van der Waals surface area contributed by atoms with Gasteiger partial charge in [-0.15, -0.1) is 10.2 Å². The lowest BCUT2D eigenvalue weighted by Crippen LogP contribution is -2.36. The summed E-state index contributed by atoms with van der Waals surface area (Å²) < 4.78 is 0. The summed E-state index contributed by atoms with van der Waals surface area (Å²) in [4.78, 5) is 34.2. The number of nitrogens with zero attached hydrogens (tertiary/aromatic N) is 4. The van der Waals surface area contributed by atoms with Crippen molar-refractivity contribution in [3.63, 3.8) is 0 Å². The fraction of sp³-hybridized carbons (Fsp3) is 0.476. The van der Waals surface area contributed by atoms with E-state index in [2.05, 4.69) is 25.5 Å². The number of rotatable bonds is 6. The van der Waals surface area contributed by atoms with E-state index < -0.39 is 0 Å². The lowest BCUT2D eigenvalue weighted by atomic mass is 9.90. The molecule has 1 saturated carbocycles. The van der Waals surface area contributed by atoms with Crippen molar-refractivity contribution in [2.45, 2.75) is 57.9 Å². The number of benzene rings is 1. The minimum atomic E-state index is -0.290. The number of nitrogens with one attached hydrogen (secondary N) is 2. The minimum absolute atomic E-state index is 0.172. The van der Waals surface area contributed by atoms with Crippen LogP contribution < -0.4 is 10.9 Å². The van der Waals surface area contributed by atoms with Crippen molar-refractivity contribution in [3.8, 4) is 0 Å². The van der Waals surface area contributed by atoms with E-state index in [-0.39, 0.29) is 18.1 Å². The van der Waals surface area contributed by atoms with Crippen LogP contribution in [0.15, 0.2) is 23.0 Å². The molecule has 0 unspecified atom stereocenters. The zero-order valence-electron chi connectivity index (χ0n) is 17.4. The van der Waals surface area contributed by atoms with Crippen molar-refractivity contribution in [2.75, 3.05) is 11.9 Å². The van der Waals surface area contributed by atoms with E-state index in [1.165, 1.54) is 30.6 Å². The van der Waals surface area contributed by atoms with E-state index in [9.17, 15) is 9.59 Å². The topological polar surface area (TPSA) is 104 Å². The van der Waals surface area contributed by atoms with Gasteiger partial charge in [-0.1, -0.05) is 49.1 Å². The van der Waals surface area contributed by atoms with E-state index in [0.29, 0.717) is 39.3 Å². The van der Waals surface area contributed by atoms with Gasteiger partial charge in [0.1, 0.15) is 10.8 Å². The first-order chi connectivity index (χ1) is 15.0. The molecule has 1 aromatic carbocycles. The zero-order chi connectivity index (χ0) is 21.8. The molecule has 0 atom stereocenters. The van der Waals surface area contributed by atoms with Crippen LogP contribution in [0.2, 0.25) is 5.02 Å². The van der Waals surface area contributed by atoms with Crippen LogP contribution in [0.1, 0.15) is 62.2 Å². The second kappa shape index (κ2) is 9.74. The third-order valence-corrected chi connectivity index (χ3v) is 6.68. The van der Waals surface area contributed by atoms with Crippen LogP contribution in [-0.2, 0) is 6.54 Å². The summed E-state index contributed by atoms with van der Waals surface area (Å²) in [6.07, 6.45) is 6.75. The maximum Gasteiger partial charge on any atom is 0.324 e. The van der Waals surface area contributed by atoms with Crippen molar-refractivity contribution in [2.24, 2.45) is 0 Å². The fourth-order valence-corrected chi connectivity index (χ4v) is 4.98. The molecule has 2 heterocycles. The van der Waals surface area contributed by atoms with Gasteiger partial charge in [0.2, 0.25) is 5.13 Å². The van der Waals surface area contributed by atoms with E-state index >= 15 is 0 Å². The lowest BCUT2D eigenvalue weighted by Gasteiger charge is -2.21. The molecular weight excluding hydrogens is 436 g/mol. The molecule has 8 nitrogen and oxygen atoms in total. The number of anilines is 1. The molecule has 3 aromatic rings. The zero-order valence-corrected chi connectivity index (χ0v) is 18.9. The van der Waals surface area contributed by atoms with Crippen LogP contribution in [0, 0.1) is 0 Å². The quantitative estimate of drug-likeness (QED) is 0.543. The van der Waals surface area contributed by atoms with Crippen LogP contribution in [0.25, 0.3) is 10.9 Å². The number of fused-ring (bicyclic) bond motifs is 1. The molecule has 1 fully saturated rings. The highest BCUT2D eigenvalue weighted by Gasteiger charge is 2.22. The Hall–Kier alpha value is -2.52. The summed E-state index contributed by atoms with van der Waals surface area (Å²) in [5, 5.41) is 13.8. The molecule has 164 valence electrons. The molecule has 0 aliphatic heterocycles. The highest BCUT2D eigenvalue weighted by atomic mass is 35.5. The van der Waals surface area contributed by atoms with Crippen molar-refractivity contribution in [3.05, 3.63) is 44.4 Å². The molecule has 0 saturated heterocycles. The number of amides is 2. The van der Waals surface area contributed by atoms with Crippen LogP contribution in [0.5, 0.6) is 0 Å². The summed E-state index contributed by atoms with van der Waals surface area (Å²) >= 11 is 7.49. The second-order valence-corrected chi connectivity index (χ2v) is 9.25. The molecule has 0 spiro atoms. The second-order valence-electron chi connectivity index (χ2n) is 7.81. The van der Waals surface area contributed by atoms with Gasteiger partial charge in [0, 0.05) is 17.5 Å². The number of aromatic nitrogens is 4. The molecule has 0 bridgehead atoms. The highest BCUT2D eigenvalue weighted by Crippen LogP contribution is 2.35. The minimum Gasteiger partial charge on any atom is -0.317 e. The highest BCUT2D eigenvalue weighted by molar-refractivity contribution is 7.15. The van der Waals surface area contributed by atoms with Gasteiger partial charge in [-0.25, -0.2) is 9.78 Å². The molecule has 0 radical (unpaired) electrons. The standard InChI is InChI=1S/C21H25ClN6O2S/c1-2-10-28(12-17-23-16-11-14(22)8-9-15(16)18(29)24-17)21(30)25-20-27-26-19(31-20)13-6-4-3-5-7-13/h8-9,11,13H,2-7,10,12H2,1H3,(H,23,24,29)(H,25,27,30). The van der Waals surface area contributed by atoms with Gasteiger partial charge in [-0.2, -0.15) is 0 Å². The van der Waals surface area contributed by atoms with Gasteiger partial charge in [0.05, 0.1) is 17.4 Å². The average Bonchev–Trinajstić information content (AvgIpc) is 3.22. The fourth-order valence-electron chi connectivity index (χ4n) is 3.91. The van der Waals surface area contributed by atoms with Crippen molar-refractivity contribution < 1.29 is 4.79 Å². The molecule has 10 heteroatoms. The Morgan fingerprint density at radius 1 is 1.29 bits per heavy atom. The smallest absolute Gasteiger partial charge is 0.317 e. The van der Waals surface area contributed by atoms with Crippen molar-refractivity contribution in [1.82, 2.24) is 25.1 Å². The van der Waals surface area contributed by atoms with Gasteiger partial charge < -0.3 is 9.88 Å². The van der Waals surface area contributed by atoms with Crippen LogP contribution in [0.4, 0.5) is 9.93 Å². The maximum absolute atomic E-state index is 12.9. The van der Waals surface area contributed by atoms with Crippen molar-refractivity contribution in [1.29, 1.82) is 0 Å². The van der Waals surface area contributed by atoms with Gasteiger partial charge in [-0.3, -0.25) is 10.1 Å². The largest absolute Gasteiger partial charge is 0.324 e. The summed E-state index contributed by atoms with van der Waals surface area (Å²) in [6, 6.07) is 4.65. The number of H-pyrrole nitrogens is 1. The SMILES string of the molecule is CCCN(Cc1nc2cc(Cl)ccc2c(=O)[nH]1)C(=O)Nc1nnc(C2CCCCC2)s1. The first-order valence-corrected chi connectivity index (χ1v) is 11.8. The molecule has 2 aromatic heterocycles. The van der Waals surface area contributed by atoms with E-state index in [4.69, 9.17) is 11.6 Å². The summed E-state index contributed by atoms with van der Waals surface area (Å²) in [7, 11) is 0. The predicted molar refractivity (Wildman–Crippen MR) is 123 cm³/mol. The first-order valence-electron chi connectivity index (χ1n) is 10.6. The van der Waals surface area contributed by atoms with E-state index in [1.54, 1.807) is 23.1 Å². The Labute approximate surface area is 189 Å². The summed E-state index contributed by atoms with van der Waals surface area (Å²) in [6.45, 7) is 2.67. The molecule has 4 rings (SSSR count). The van der Waals surface area contributed by atoms with Gasteiger partial charge >= 0.3 is 6.03 Å². The summed E-state index contributed by atoms with van der Waals surface area (Å²) in [5.74, 6) is 0.853. The molecular formula is C21H25ClN6O2S. The van der Waals surface area contributed by atoms with E-state index in [1.807, 2.05) is 6.92 Å². The Balaban J connectivity index is 1.48. The number of hydrogen-bond donors (Lipinski definition) is 2.